The second-order valence-corrected chi connectivity index (χ2v) is 5.90. The summed E-state index contributed by atoms with van der Waals surface area (Å²) in [6.07, 6.45) is 3.88. The largest absolute Gasteiger partial charge is 0.300 e. The van der Waals surface area contributed by atoms with Crippen molar-refractivity contribution in [1.29, 1.82) is 0 Å². The number of aromatic nitrogens is 3. The van der Waals surface area contributed by atoms with E-state index < -0.39 is 9.24 Å². The summed E-state index contributed by atoms with van der Waals surface area (Å²) >= 11 is 0. The third-order valence-corrected chi connectivity index (χ3v) is 4.01. The van der Waals surface area contributed by atoms with E-state index >= 15 is 0 Å². The van der Waals surface area contributed by atoms with Gasteiger partial charge in [0.1, 0.15) is 12.2 Å². The topological polar surface area (TPSA) is 79.0 Å². The first-order valence-corrected chi connectivity index (χ1v) is 6.92. The molecule has 2 heterocycles. The van der Waals surface area contributed by atoms with Crippen molar-refractivity contribution in [3.05, 3.63) is 12.2 Å². The lowest BCUT2D eigenvalue weighted by Crippen LogP contribution is -2.36. The van der Waals surface area contributed by atoms with E-state index in [2.05, 4.69) is 15.2 Å². The summed E-state index contributed by atoms with van der Waals surface area (Å²) in [5, 5.41) is 6.40. The number of H-pyrrole nitrogens is 1. The van der Waals surface area contributed by atoms with E-state index in [4.69, 9.17) is 10.7 Å². The van der Waals surface area contributed by atoms with Crippen LogP contribution in [-0.2, 0) is 9.24 Å². The van der Waals surface area contributed by atoms with Gasteiger partial charge >= 0.3 is 0 Å². The van der Waals surface area contributed by atoms with Gasteiger partial charge in [-0.25, -0.2) is 4.98 Å². The fourth-order valence-electron chi connectivity index (χ4n) is 1.81. The molecule has 84 valence electrons. The Labute approximate surface area is 92.2 Å². The minimum atomic E-state index is -3.68. The van der Waals surface area contributed by atoms with E-state index in [9.17, 15) is 8.42 Å². The van der Waals surface area contributed by atoms with Crippen molar-refractivity contribution in [2.75, 3.05) is 6.54 Å². The molecule has 1 atom stereocenters. The van der Waals surface area contributed by atoms with Crippen LogP contribution < -0.4 is 0 Å². The monoisotopic (exact) mass is 250 g/mol. The van der Waals surface area contributed by atoms with Gasteiger partial charge < -0.3 is 0 Å². The molecule has 1 aromatic heterocycles. The average molecular weight is 251 g/mol. The summed E-state index contributed by atoms with van der Waals surface area (Å²) < 4.78 is 23.9. The predicted molar refractivity (Wildman–Crippen MR) is 54.5 cm³/mol. The molecule has 1 aliphatic rings. The van der Waals surface area contributed by atoms with Gasteiger partial charge in [-0.3, -0.25) is 5.10 Å². The Morgan fingerprint density at radius 2 is 2.33 bits per heavy atom. The third kappa shape index (κ3) is 2.30. The van der Waals surface area contributed by atoms with Gasteiger partial charge in [0, 0.05) is 17.2 Å². The van der Waals surface area contributed by atoms with Gasteiger partial charge in [-0.2, -0.15) is 17.8 Å². The fraction of sp³-hybridized carbons (Fsp3) is 0.714. The Hall–Kier alpha value is -0.660. The van der Waals surface area contributed by atoms with Crippen LogP contribution in [0.15, 0.2) is 6.33 Å². The quantitative estimate of drug-likeness (QED) is 0.788. The molecule has 0 amide bonds. The van der Waals surface area contributed by atoms with E-state index in [0.29, 0.717) is 12.4 Å². The Kier molecular flexibility index (Phi) is 2.94. The van der Waals surface area contributed by atoms with E-state index in [-0.39, 0.29) is 6.04 Å². The number of halogens is 1. The second kappa shape index (κ2) is 4.07. The first kappa shape index (κ1) is 10.8. The second-order valence-electron chi connectivity index (χ2n) is 3.44. The minimum absolute atomic E-state index is 0.302. The average Bonchev–Trinajstić information content (AvgIpc) is 2.69. The maximum absolute atomic E-state index is 11.3. The van der Waals surface area contributed by atoms with Gasteiger partial charge in [0.25, 0.3) is 9.24 Å². The van der Waals surface area contributed by atoms with Crippen LogP contribution in [0.1, 0.15) is 31.1 Å². The highest BCUT2D eigenvalue weighted by Crippen LogP contribution is 2.31. The van der Waals surface area contributed by atoms with Crippen molar-refractivity contribution in [2.45, 2.75) is 25.3 Å². The fourth-order valence-corrected chi connectivity index (χ4v) is 3.17. The van der Waals surface area contributed by atoms with Crippen molar-refractivity contribution in [1.82, 2.24) is 19.5 Å². The van der Waals surface area contributed by atoms with Gasteiger partial charge in [-0.05, 0) is 12.8 Å². The van der Waals surface area contributed by atoms with Gasteiger partial charge in [0.15, 0.2) is 0 Å². The number of nitrogens with one attached hydrogen (secondary N) is 1. The van der Waals surface area contributed by atoms with E-state index in [1.807, 2.05) is 0 Å². The van der Waals surface area contributed by atoms with Crippen LogP contribution in [0.3, 0.4) is 0 Å². The zero-order chi connectivity index (χ0) is 10.9. The SMILES string of the molecule is O=S(=O)(Cl)N1CCCCC1c1ncn[nH]1. The molecule has 6 nitrogen and oxygen atoms in total. The van der Waals surface area contributed by atoms with Crippen molar-refractivity contribution >= 4 is 19.9 Å². The Balaban J connectivity index is 2.28. The normalized spacial score (nSPS) is 24.2. The molecule has 0 aliphatic carbocycles. The highest BCUT2D eigenvalue weighted by molar-refractivity contribution is 8.11. The van der Waals surface area contributed by atoms with E-state index in [0.717, 1.165) is 19.3 Å². The number of hydrogen-bond acceptors (Lipinski definition) is 4. The van der Waals surface area contributed by atoms with Gasteiger partial charge in [0.05, 0.1) is 6.04 Å². The first-order chi connectivity index (χ1) is 7.09. The molecule has 0 bridgehead atoms. The van der Waals surface area contributed by atoms with Gasteiger partial charge in [0.2, 0.25) is 0 Å². The molecule has 0 saturated carbocycles. The van der Waals surface area contributed by atoms with Crippen LogP contribution in [0.25, 0.3) is 0 Å². The maximum atomic E-state index is 11.3. The van der Waals surface area contributed by atoms with Crippen molar-refractivity contribution in [3.63, 3.8) is 0 Å². The Bertz CT molecular complexity index is 418. The van der Waals surface area contributed by atoms with Crippen LogP contribution in [0.5, 0.6) is 0 Å². The molecule has 0 spiro atoms. The smallest absolute Gasteiger partial charge is 0.262 e. The number of rotatable bonds is 2. The number of nitrogens with zero attached hydrogens (tertiary/aromatic N) is 3. The summed E-state index contributed by atoms with van der Waals surface area (Å²) in [4.78, 5) is 3.97. The molecule has 1 N–H and O–H groups in total. The van der Waals surface area contributed by atoms with Crippen LogP contribution in [0, 0.1) is 0 Å². The van der Waals surface area contributed by atoms with Crippen LogP contribution >= 0.6 is 10.7 Å². The summed E-state index contributed by atoms with van der Waals surface area (Å²) in [6.45, 7) is 0.442. The lowest BCUT2D eigenvalue weighted by Gasteiger charge is -2.30. The highest BCUT2D eigenvalue weighted by atomic mass is 35.7. The molecule has 1 unspecified atom stereocenters. The molecular formula is C7H11ClN4O2S. The van der Waals surface area contributed by atoms with Crippen LogP contribution in [0.2, 0.25) is 0 Å². The molecule has 15 heavy (non-hydrogen) atoms. The van der Waals surface area contributed by atoms with Crippen molar-refractivity contribution < 1.29 is 8.42 Å². The molecule has 8 heteroatoms. The zero-order valence-corrected chi connectivity index (χ0v) is 9.50. The molecule has 1 saturated heterocycles. The standard InChI is InChI=1S/C7H11ClN4O2S/c8-15(13,14)12-4-2-1-3-6(12)7-9-5-10-11-7/h5-6H,1-4H2,(H,9,10,11). The lowest BCUT2D eigenvalue weighted by atomic mass is 10.0. The van der Waals surface area contributed by atoms with Gasteiger partial charge in [-0.1, -0.05) is 6.42 Å². The number of piperidine rings is 1. The van der Waals surface area contributed by atoms with Crippen molar-refractivity contribution in [2.24, 2.45) is 0 Å². The minimum Gasteiger partial charge on any atom is -0.262 e. The molecular weight excluding hydrogens is 240 g/mol. The van der Waals surface area contributed by atoms with Crippen LogP contribution in [0.4, 0.5) is 0 Å². The molecule has 0 radical (unpaired) electrons. The van der Waals surface area contributed by atoms with Crippen molar-refractivity contribution in [3.8, 4) is 0 Å². The summed E-state index contributed by atoms with van der Waals surface area (Å²) in [6, 6.07) is -0.302. The number of hydrogen-bond donors (Lipinski definition) is 1. The molecule has 1 aliphatic heterocycles. The summed E-state index contributed by atoms with van der Waals surface area (Å²) in [5.74, 6) is 0.555. The van der Waals surface area contributed by atoms with Gasteiger partial charge in [-0.15, -0.1) is 0 Å². The molecule has 2 rings (SSSR count). The lowest BCUT2D eigenvalue weighted by molar-refractivity contribution is 0.251. The molecule has 1 aromatic rings. The summed E-state index contributed by atoms with van der Waals surface area (Å²) in [7, 11) is 1.68. The molecule has 0 aromatic carbocycles. The Morgan fingerprint density at radius 1 is 1.53 bits per heavy atom. The highest BCUT2D eigenvalue weighted by Gasteiger charge is 2.33. The first-order valence-electron chi connectivity index (χ1n) is 4.66. The number of aromatic amines is 1. The van der Waals surface area contributed by atoms with E-state index in [1.165, 1.54) is 10.6 Å². The Morgan fingerprint density at radius 3 is 2.93 bits per heavy atom. The maximum Gasteiger partial charge on any atom is 0.300 e. The third-order valence-electron chi connectivity index (χ3n) is 2.48. The molecule has 1 fully saturated rings. The predicted octanol–water partition coefficient (Wildman–Crippen LogP) is 0.815. The van der Waals surface area contributed by atoms with Crippen LogP contribution in [-0.4, -0.2) is 34.4 Å². The van der Waals surface area contributed by atoms with E-state index in [1.54, 1.807) is 0 Å². The zero-order valence-electron chi connectivity index (χ0n) is 7.93. The summed E-state index contributed by atoms with van der Waals surface area (Å²) in [5.41, 5.74) is 0.